The number of nitrogens with zero attached hydrogens (tertiary/aromatic N) is 2. The predicted octanol–water partition coefficient (Wildman–Crippen LogP) is 1.76. The molecule has 0 radical (unpaired) electrons. The third-order valence-electron chi connectivity index (χ3n) is 5.06. The van der Waals surface area contributed by atoms with Gasteiger partial charge in [0.25, 0.3) is 5.91 Å². The van der Waals surface area contributed by atoms with Crippen molar-refractivity contribution >= 4 is 27.3 Å². The lowest BCUT2D eigenvalue weighted by Crippen LogP contribution is -2.41. The predicted molar refractivity (Wildman–Crippen MR) is 106 cm³/mol. The average Bonchev–Trinajstić information content (AvgIpc) is 3.05. The Kier molecular flexibility index (Phi) is 7.66. The van der Waals surface area contributed by atoms with Crippen molar-refractivity contribution in [2.24, 2.45) is 0 Å². The number of rotatable bonds is 7. The number of nitrogens with one attached hydrogen (secondary N) is 1. The minimum absolute atomic E-state index is 0.111. The summed E-state index contributed by atoms with van der Waals surface area (Å²) >= 11 is 1.18. The van der Waals surface area contributed by atoms with E-state index in [-0.39, 0.29) is 15.7 Å². The first-order chi connectivity index (χ1) is 13.1. The zero-order chi connectivity index (χ0) is 19.1. The van der Waals surface area contributed by atoms with Crippen molar-refractivity contribution in [1.29, 1.82) is 0 Å². The molecule has 0 unspecified atom stereocenters. The topological polar surface area (TPSA) is 79.0 Å². The Balaban J connectivity index is 1.52. The SMILES string of the molecule is O=C(NCCCN1CCCCCC1)c1sccc1S(=O)(=O)N1CCOCC1. The van der Waals surface area contributed by atoms with E-state index in [0.29, 0.717) is 32.8 Å². The van der Waals surface area contributed by atoms with E-state index in [0.717, 1.165) is 26.1 Å². The summed E-state index contributed by atoms with van der Waals surface area (Å²) in [6.07, 6.45) is 6.01. The summed E-state index contributed by atoms with van der Waals surface area (Å²) in [7, 11) is -3.65. The van der Waals surface area contributed by atoms with Crippen LogP contribution in [0.1, 0.15) is 41.8 Å². The number of ether oxygens (including phenoxy) is 1. The number of hydrogen-bond acceptors (Lipinski definition) is 6. The molecule has 0 aromatic carbocycles. The zero-order valence-corrected chi connectivity index (χ0v) is 17.3. The first-order valence-corrected chi connectivity index (χ1v) is 12.1. The Labute approximate surface area is 165 Å². The summed E-state index contributed by atoms with van der Waals surface area (Å²) in [6.45, 7) is 5.25. The van der Waals surface area contributed by atoms with E-state index in [1.54, 1.807) is 5.38 Å². The van der Waals surface area contributed by atoms with Crippen molar-refractivity contribution in [2.75, 3.05) is 52.5 Å². The van der Waals surface area contributed by atoms with Crippen LogP contribution in [-0.4, -0.2) is 76.0 Å². The Hall–Kier alpha value is -1.00. The number of carbonyl (C=O) groups excluding carboxylic acids is 1. The number of likely N-dealkylation sites (tertiary alicyclic amines) is 1. The minimum atomic E-state index is -3.65. The molecule has 0 bridgehead atoms. The van der Waals surface area contributed by atoms with Gasteiger partial charge in [-0.3, -0.25) is 4.79 Å². The van der Waals surface area contributed by atoms with E-state index in [4.69, 9.17) is 4.74 Å². The van der Waals surface area contributed by atoms with Gasteiger partial charge >= 0.3 is 0 Å². The molecule has 1 aromatic rings. The highest BCUT2D eigenvalue weighted by molar-refractivity contribution is 7.89. The fourth-order valence-corrected chi connectivity index (χ4v) is 6.26. The van der Waals surface area contributed by atoms with Crippen molar-refractivity contribution in [3.05, 3.63) is 16.3 Å². The Morgan fingerprint density at radius 3 is 2.52 bits per heavy atom. The van der Waals surface area contributed by atoms with Crippen molar-refractivity contribution in [2.45, 2.75) is 37.0 Å². The van der Waals surface area contributed by atoms with Gasteiger partial charge in [-0.2, -0.15) is 4.31 Å². The highest BCUT2D eigenvalue weighted by Gasteiger charge is 2.31. The maximum atomic E-state index is 12.8. The summed E-state index contributed by atoms with van der Waals surface area (Å²) in [5.74, 6) is -0.298. The van der Waals surface area contributed by atoms with E-state index >= 15 is 0 Å². The quantitative estimate of drug-likeness (QED) is 0.687. The van der Waals surface area contributed by atoms with Gasteiger partial charge in [0, 0.05) is 19.6 Å². The molecule has 1 aromatic heterocycles. The summed E-state index contributed by atoms with van der Waals surface area (Å²) in [4.78, 5) is 15.4. The lowest BCUT2D eigenvalue weighted by molar-refractivity contribution is 0.0730. The van der Waals surface area contributed by atoms with Crippen LogP contribution in [0.2, 0.25) is 0 Å². The fraction of sp³-hybridized carbons (Fsp3) is 0.722. The smallest absolute Gasteiger partial charge is 0.262 e. The van der Waals surface area contributed by atoms with Crippen LogP contribution in [0.3, 0.4) is 0 Å². The van der Waals surface area contributed by atoms with Gasteiger partial charge in [0.2, 0.25) is 10.0 Å². The van der Waals surface area contributed by atoms with Gasteiger partial charge in [0.15, 0.2) is 0 Å². The molecule has 0 atom stereocenters. The molecule has 27 heavy (non-hydrogen) atoms. The van der Waals surface area contributed by atoms with Crippen LogP contribution in [0.25, 0.3) is 0 Å². The summed E-state index contributed by atoms with van der Waals surface area (Å²) in [6, 6.07) is 1.53. The summed E-state index contributed by atoms with van der Waals surface area (Å²) in [5, 5.41) is 4.56. The Bertz CT molecular complexity index is 706. The Morgan fingerprint density at radius 2 is 1.81 bits per heavy atom. The molecule has 2 fully saturated rings. The third-order valence-corrected chi connectivity index (χ3v) is 8.04. The molecule has 3 rings (SSSR count). The highest BCUT2D eigenvalue weighted by Crippen LogP contribution is 2.25. The largest absolute Gasteiger partial charge is 0.379 e. The van der Waals surface area contributed by atoms with Crippen LogP contribution in [0, 0.1) is 0 Å². The molecular weight excluding hydrogens is 386 g/mol. The van der Waals surface area contributed by atoms with Crippen LogP contribution < -0.4 is 5.32 Å². The van der Waals surface area contributed by atoms with Gasteiger partial charge < -0.3 is 15.0 Å². The standard InChI is InChI=1S/C18H29N3O4S2/c22-18(19-7-5-10-20-8-3-1-2-4-9-20)17-16(6-15-26-17)27(23,24)21-11-13-25-14-12-21/h6,15H,1-5,7-14H2,(H,19,22). The third kappa shape index (κ3) is 5.51. The molecule has 7 nitrogen and oxygen atoms in total. The van der Waals surface area contributed by atoms with Crippen LogP contribution in [-0.2, 0) is 14.8 Å². The molecule has 2 aliphatic heterocycles. The first-order valence-electron chi connectivity index (χ1n) is 9.75. The van der Waals surface area contributed by atoms with Gasteiger partial charge in [-0.05, 0) is 50.3 Å². The maximum absolute atomic E-state index is 12.8. The molecule has 2 aliphatic rings. The molecule has 1 amide bonds. The number of amides is 1. The van der Waals surface area contributed by atoms with Crippen molar-refractivity contribution in [3.63, 3.8) is 0 Å². The van der Waals surface area contributed by atoms with Gasteiger partial charge in [0.1, 0.15) is 9.77 Å². The number of hydrogen-bond donors (Lipinski definition) is 1. The number of thiophene rings is 1. The van der Waals surface area contributed by atoms with Crippen molar-refractivity contribution < 1.29 is 17.9 Å². The number of carbonyl (C=O) groups is 1. The molecule has 0 aliphatic carbocycles. The molecule has 152 valence electrons. The van der Waals surface area contributed by atoms with Gasteiger partial charge in [-0.1, -0.05) is 12.8 Å². The van der Waals surface area contributed by atoms with E-state index in [1.807, 2.05) is 0 Å². The monoisotopic (exact) mass is 415 g/mol. The lowest BCUT2D eigenvalue weighted by atomic mass is 10.2. The molecule has 0 saturated carbocycles. The zero-order valence-electron chi connectivity index (χ0n) is 15.7. The van der Waals surface area contributed by atoms with Crippen molar-refractivity contribution in [1.82, 2.24) is 14.5 Å². The van der Waals surface area contributed by atoms with Crippen LogP contribution in [0.4, 0.5) is 0 Å². The first kappa shape index (κ1) is 20.7. The molecular formula is C18H29N3O4S2. The van der Waals surface area contributed by atoms with Crippen LogP contribution >= 0.6 is 11.3 Å². The average molecular weight is 416 g/mol. The van der Waals surface area contributed by atoms with E-state index in [9.17, 15) is 13.2 Å². The van der Waals surface area contributed by atoms with Crippen molar-refractivity contribution in [3.8, 4) is 0 Å². The minimum Gasteiger partial charge on any atom is -0.379 e. The van der Waals surface area contributed by atoms with Gasteiger partial charge in [-0.25, -0.2) is 8.42 Å². The highest BCUT2D eigenvalue weighted by atomic mass is 32.2. The molecule has 3 heterocycles. The molecule has 2 saturated heterocycles. The molecule has 0 spiro atoms. The second-order valence-electron chi connectivity index (χ2n) is 7.00. The summed E-state index contributed by atoms with van der Waals surface area (Å²) in [5.41, 5.74) is 0. The molecule has 1 N–H and O–H groups in total. The second kappa shape index (κ2) is 9.97. The fourth-order valence-electron chi connectivity index (χ4n) is 3.54. The van der Waals surface area contributed by atoms with Gasteiger partial charge in [0.05, 0.1) is 13.2 Å². The lowest BCUT2D eigenvalue weighted by Gasteiger charge is -2.26. The second-order valence-corrected chi connectivity index (χ2v) is 9.82. The number of sulfonamides is 1. The van der Waals surface area contributed by atoms with Crippen LogP contribution in [0.5, 0.6) is 0 Å². The van der Waals surface area contributed by atoms with E-state index in [1.165, 1.54) is 47.4 Å². The van der Waals surface area contributed by atoms with Crippen LogP contribution in [0.15, 0.2) is 16.3 Å². The molecule has 9 heteroatoms. The van der Waals surface area contributed by atoms with E-state index in [2.05, 4.69) is 10.2 Å². The van der Waals surface area contributed by atoms with Gasteiger partial charge in [-0.15, -0.1) is 11.3 Å². The number of morpholine rings is 1. The van der Waals surface area contributed by atoms with E-state index < -0.39 is 10.0 Å². The maximum Gasteiger partial charge on any atom is 0.262 e. The normalized spacial score (nSPS) is 20.3. The summed E-state index contributed by atoms with van der Waals surface area (Å²) < 4.78 is 32.3. The Morgan fingerprint density at radius 1 is 1.11 bits per heavy atom.